The number of benzene rings is 2. The maximum atomic E-state index is 12.4. The Bertz CT molecular complexity index is 861. The van der Waals surface area contributed by atoms with Gasteiger partial charge in [-0.25, -0.2) is 4.98 Å². The summed E-state index contributed by atoms with van der Waals surface area (Å²) in [7, 11) is 4.99. The second-order valence-electron chi connectivity index (χ2n) is 5.43. The molecule has 0 aliphatic rings. The number of carbonyl (C=O) groups excluding carboxylic acids is 1. The van der Waals surface area contributed by atoms with Crippen LogP contribution in [0.2, 0.25) is 0 Å². The van der Waals surface area contributed by atoms with E-state index in [9.17, 15) is 4.79 Å². The number of nitrogens with zero attached hydrogens (tertiary/aromatic N) is 2. The Hall–Kier alpha value is -2.80. The van der Waals surface area contributed by atoms with Crippen LogP contribution >= 0.6 is 11.3 Å². The van der Waals surface area contributed by atoms with Crippen molar-refractivity contribution in [2.24, 2.45) is 0 Å². The number of ether oxygens (including phenoxy) is 2. The molecular weight excluding hydrogens is 338 g/mol. The highest BCUT2D eigenvalue weighted by molar-refractivity contribution is 7.22. The molecule has 1 amide bonds. The molecule has 1 aromatic heterocycles. The second-order valence-corrected chi connectivity index (χ2v) is 6.44. The first kappa shape index (κ1) is 17.0. The van der Waals surface area contributed by atoms with E-state index in [2.05, 4.69) is 10.3 Å². The maximum absolute atomic E-state index is 12.4. The second kappa shape index (κ2) is 7.40. The van der Waals surface area contributed by atoms with Gasteiger partial charge in [0.05, 0.1) is 36.7 Å². The first-order chi connectivity index (χ1) is 12.1. The zero-order chi connectivity index (χ0) is 17.8. The van der Waals surface area contributed by atoms with Crippen LogP contribution in [0, 0.1) is 0 Å². The van der Waals surface area contributed by atoms with Crippen molar-refractivity contribution in [3.63, 3.8) is 0 Å². The molecule has 25 heavy (non-hydrogen) atoms. The fraction of sp³-hybridized carbons (Fsp3) is 0.222. The third-order valence-corrected chi connectivity index (χ3v) is 4.82. The maximum Gasteiger partial charge on any atom is 0.244 e. The predicted molar refractivity (Wildman–Crippen MR) is 101 cm³/mol. The van der Waals surface area contributed by atoms with Crippen molar-refractivity contribution < 1.29 is 14.3 Å². The van der Waals surface area contributed by atoms with E-state index < -0.39 is 0 Å². The molecular formula is C18H19N3O3S. The third kappa shape index (κ3) is 3.83. The zero-order valence-corrected chi connectivity index (χ0v) is 15.1. The lowest BCUT2D eigenvalue weighted by Gasteiger charge is -2.16. The molecule has 0 aliphatic carbocycles. The molecule has 0 unspecified atom stereocenters. The van der Waals surface area contributed by atoms with E-state index in [1.54, 1.807) is 43.8 Å². The van der Waals surface area contributed by atoms with Crippen molar-refractivity contribution in [3.05, 3.63) is 42.5 Å². The van der Waals surface area contributed by atoms with Crippen molar-refractivity contribution in [2.75, 3.05) is 38.0 Å². The summed E-state index contributed by atoms with van der Waals surface area (Å²) in [6.45, 7) is 0.181. The van der Waals surface area contributed by atoms with Crippen LogP contribution in [0.15, 0.2) is 42.5 Å². The number of amides is 1. The molecule has 7 heteroatoms. The highest BCUT2D eigenvalue weighted by Gasteiger charge is 2.14. The van der Waals surface area contributed by atoms with E-state index in [1.807, 2.05) is 36.2 Å². The van der Waals surface area contributed by atoms with Crippen molar-refractivity contribution in [1.82, 2.24) is 4.98 Å². The van der Waals surface area contributed by atoms with Crippen molar-refractivity contribution in [1.29, 1.82) is 0 Å². The number of hydrogen-bond donors (Lipinski definition) is 1. The van der Waals surface area contributed by atoms with Gasteiger partial charge in [-0.15, -0.1) is 0 Å². The molecule has 0 spiro atoms. The van der Waals surface area contributed by atoms with Gasteiger partial charge < -0.3 is 19.7 Å². The van der Waals surface area contributed by atoms with Gasteiger partial charge >= 0.3 is 0 Å². The molecule has 1 N–H and O–H groups in total. The number of likely N-dealkylation sites (N-methyl/N-ethyl adjacent to an activating group) is 1. The number of aromatic nitrogens is 1. The first-order valence-electron chi connectivity index (χ1n) is 7.69. The fourth-order valence-corrected chi connectivity index (χ4v) is 3.33. The normalized spacial score (nSPS) is 10.5. The molecule has 3 rings (SSSR count). The monoisotopic (exact) mass is 357 g/mol. The Kier molecular flexibility index (Phi) is 5.04. The Morgan fingerprint density at radius 3 is 2.72 bits per heavy atom. The van der Waals surface area contributed by atoms with Gasteiger partial charge in [-0.2, -0.15) is 0 Å². The molecule has 0 bridgehead atoms. The fourth-order valence-electron chi connectivity index (χ4n) is 2.41. The molecule has 0 atom stereocenters. The lowest BCUT2D eigenvalue weighted by molar-refractivity contribution is -0.114. The van der Waals surface area contributed by atoms with Crippen LogP contribution in [0.5, 0.6) is 11.5 Å². The van der Waals surface area contributed by atoms with E-state index in [0.717, 1.165) is 15.3 Å². The van der Waals surface area contributed by atoms with Gasteiger partial charge in [-0.3, -0.25) is 4.79 Å². The van der Waals surface area contributed by atoms with Gasteiger partial charge in [0.2, 0.25) is 5.91 Å². The largest absolute Gasteiger partial charge is 0.497 e. The van der Waals surface area contributed by atoms with Gasteiger partial charge in [0.25, 0.3) is 0 Å². The molecule has 2 aromatic carbocycles. The van der Waals surface area contributed by atoms with E-state index in [4.69, 9.17) is 9.47 Å². The highest BCUT2D eigenvalue weighted by atomic mass is 32.1. The number of fused-ring (bicyclic) bond motifs is 1. The van der Waals surface area contributed by atoms with Gasteiger partial charge in [0.1, 0.15) is 11.5 Å². The Balaban J connectivity index is 1.71. The van der Waals surface area contributed by atoms with Crippen molar-refractivity contribution >= 4 is 38.3 Å². The molecule has 0 aliphatic heterocycles. The molecule has 0 radical (unpaired) electrons. The molecule has 1 heterocycles. The van der Waals surface area contributed by atoms with Crippen LogP contribution in [-0.2, 0) is 4.79 Å². The summed E-state index contributed by atoms with van der Waals surface area (Å²) >= 11 is 1.56. The lowest BCUT2D eigenvalue weighted by Crippen LogP contribution is -2.30. The molecule has 0 saturated heterocycles. The summed E-state index contributed by atoms with van der Waals surface area (Å²) in [6, 6.07) is 13.2. The standard InChI is InChI=1S/C18H19N3O3S/c1-21(18-20-13-6-4-5-7-16(13)25-18)11-17(22)19-14-10-12(23-2)8-9-15(14)24-3/h4-10H,11H2,1-3H3,(H,19,22). The van der Waals surface area contributed by atoms with Crippen LogP contribution < -0.4 is 19.7 Å². The van der Waals surface area contributed by atoms with E-state index >= 15 is 0 Å². The number of rotatable bonds is 6. The van der Waals surface area contributed by atoms with Crippen molar-refractivity contribution in [2.45, 2.75) is 0 Å². The summed E-state index contributed by atoms with van der Waals surface area (Å²) in [5, 5.41) is 3.66. The number of para-hydroxylation sites is 1. The van der Waals surface area contributed by atoms with Gasteiger partial charge in [-0.1, -0.05) is 23.5 Å². The van der Waals surface area contributed by atoms with Crippen LogP contribution in [0.4, 0.5) is 10.8 Å². The molecule has 6 nitrogen and oxygen atoms in total. The van der Waals surface area contributed by atoms with Crippen LogP contribution in [0.1, 0.15) is 0 Å². The van der Waals surface area contributed by atoms with Gasteiger partial charge in [-0.05, 0) is 24.3 Å². The SMILES string of the molecule is COc1ccc(OC)c(NC(=O)CN(C)c2nc3ccccc3s2)c1. The molecule has 130 valence electrons. The first-order valence-corrected chi connectivity index (χ1v) is 8.51. The number of methoxy groups -OCH3 is 2. The lowest BCUT2D eigenvalue weighted by atomic mass is 10.2. The van der Waals surface area contributed by atoms with Gasteiger partial charge in [0.15, 0.2) is 5.13 Å². The van der Waals surface area contributed by atoms with Crippen LogP contribution in [-0.4, -0.2) is 38.7 Å². The summed E-state index contributed by atoms with van der Waals surface area (Å²) in [6.07, 6.45) is 0. The highest BCUT2D eigenvalue weighted by Crippen LogP contribution is 2.30. The average Bonchev–Trinajstić information content (AvgIpc) is 3.06. The number of thiazole rings is 1. The number of nitrogens with one attached hydrogen (secondary N) is 1. The quantitative estimate of drug-likeness (QED) is 0.733. The molecule has 0 fully saturated rings. The summed E-state index contributed by atoms with van der Waals surface area (Å²) in [5.41, 5.74) is 1.51. The van der Waals surface area contributed by atoms with E-state index in [1.165, 1.54) is 0 Å². The Morgan fingerprint density at radius 1 is 1.20 bits per heavy atom. The summed E-state index contributed by atoms with van der Waals surface area (Å²) in [4.78, 5) is 18.8. The van der Waals surface area contributed by atoms with Gasteiger partial charge in [0, 0.05) is 13.1 Å². The van der Waals surface area contributed by atoms with Crippen molar-refractivity contribution in [3.8, 4) is 11.5 Å². The minimum atomic E-state index is -0.159. The molecule has 0 saturated carbocycles. The number of anilines is 2. The Labute approximate surface area is 150 Å². The number of hydrogen-bond acceptors (Lipinski definition) is 6. The Morgan fingerprint density at radius 2 is 2.00 bits per heavy atom. The molecule has 3 aromatic rings. The number of carbonyl (C=O) groups is 1. The average molecular weight is 357 g/mol. The van der Waals surface area contributed by atoms with Crippen LogP contribution in [0.3, 0.4) is 0 Å². The minimum absolute atomic E-state index is 0.159. The van der Waals surface area contributed by atoms with E-state index in [0.29, 0.717) is 17.2 Å². The predicted octanol–water partition coefficient (Wildman–Crippen LogP) is 3.39. The smallest absolute Gasteiger partial charge is 0.244 e. The topological polar surface area (TPSA) is 63.7 Å². The minimum Gasteiger partial charge on any atom is -0.497 e. The zero-order valence-electron chi connectivity index (χ0n) is 14.3. The van der Waals surface area contributed by atoms with Crippen LogP contribution in [0.25, 0.3) is 10.2 Å². The third-order valence-electron chi connectivity index (χ3n) is 3.67. The summed E-state index contributed by atoms with van der Waals surface area (Å²) in [5.74, 6) is 1.07. The summed E-state index contributed by atoms with van der Waals surface area (Å²) < 4.78 is 11.6. The van der Waals surface area contributed by atoms with E-state index in [-0.39, 0.29) is 12.5 Å².